The molecule has 0 aliphatic carbocycles. The molecule has 3 nitrogen and oxygen atoms in total. The van der Waals surface area contributed by atoms with Gasteiger partial charge in [-0.1, -0.05) is 6.92 Å². The Kier molecular flexibility index (Phi) is 4.55. The van der Waals surface area contributed by atoms with Gasteiger partial charge in [0.05, 0.1) is 0 Å². The molecule has 0 radical (unpaired) electrons. The van der Waals surface area contributed by atoms with Gasteiger partial charge in [-0.2, -0.15) is 0 Å². The Labute approximate surface area is 73.5 Å². The van der Waals surface area contributed by atoms with Crippen molar-refractivity contribution in [3.63, 3.8) is 0 Å². The van der Waals surface area contributed by atoms with Gasteiger partial charge < -0.3 is 5.32 Å². The number of nitrogens with one attached hydrogen (secondary N) is 1. The van der Waals surface area contributed by atoms with Crippen LogP contribution in [0.15, 0.2) is 0 Å². The van der Waals surface area contributed by atoms with Crippen LogP contribution in [0.4, 0.5) is 0 Å². The summed E-state index contributed by atoms with van der Waals surface area (Å²) in [5.41, 5.74) is 0. The summed E-state index contributed by atoms with van der Waals surface area (Å²) < 4.78 is 0. The highest BCUT2D eigenvalue weighted by Crippen LogP contribution is 2.02. The monoisotopic (exact) mass is 171 g/mol. The minimum Gasteiger partial charge on any atom is -0.354 e. The largest absolute Gasteiger partial charge is 0.354 e. The van der Waals surface area contributed by atoms with Crippen molar-refractivity contribution in [3.8, 4) is 0 Å². The minimum atomic E-state index is -0.163. The third-order valence-corrected chi connectivity index (χ3v) is 1.64. The molecule has 0 aromatic carbocycles. The van der Waals surface area contributed by atoms with Crippen LogP contribution in [0.2, 0.25) is 0 Å². The molecular formula is C9H17NO2. The molecule has 0 rings (SSSR count). The van der Waals surface area contributed by atoms with Crippen LogP contribution < -0.4 is 5.32 Å². The van der Waals surface area contributed by atoms with Gasteiger partial charge in [-0.25, -0.2) is 0 Å². The highest BCUT2D eigenvalue weighted by Gasteiger charge is 2.12. The number of Topliss-reactive ketones (excluding diaryl/α,β-unsaturated/α-hetero) is 1. The summed E-state index contributed by atoms with van der Waals surface area (Å²) in [6.45, 7) is 7.07. The van der Waals surface area contributed by atoms with Crippen molar-refractivity contribution >= 4 is 11.7 Å². The van der Waals surface area contributed by atoms with Crippen LogP contribution in [0.1, 0.15) is 34.1 Å². The molecule has 3 heteroatoms. The molecule has 0 spiro atoms. The number of ketones is 1. The van der Waals surface area contributed by atoms with Crippen molar-refractivity contribution < 1.29 is 9.59 Å². The molecule has 0 aliphatic rings. The van der Waals surface area contributed by atoms with E-state index in [1.54, 1.807) is 6.92 Å². The second-order valence-corrected chi connectivity index (χ2v) is 3.44. The molecule has 12 heavy (non-hydrogen) atoms. The normalized spacial score (nSPS) is 12.8. The molecule has 0 heterocycles. The van der Waals surface area contributed by atoms with Gasteiger partial charge in [-0.15, -0.1) is 0 Å². The van der Waals surface area contributed by atoms with Crippen LogP contribution in [-0.2, 0) is 9.59 Å². The van der Waals surface area contributed by atoms with Crippen molar-refractivity contribution in [2.75, 3.05) is 0 Å². The van der Waals surface area contributed by atoms with Gasteiger partial charge in [0, 0.05) is 18.4 Å². The summed E-state index contributed by atoms with van der Waals surface area (Å²) in [6.07, 6.45) is 0.299. The van der Waals surface area contributed by atoms with E-state index in [4.69, 9.17) is 0 Å². The quantitative estimate of drug-likeness (QED) is 0.689. The Hall–Kier alpha value is -0.860. The number of hydrogen-bond donors (Lipinski definition) is 1. The zero-order valence-electron chi connectivity index (χ0n) is 8.18. The van der Waals surface area contributed by atoms with Gasteiger partial charge in [-0.05, 0) is 20.8 Å². The Balaban J connectivity index is 3.77. The molecule has 0 bridgehead atoms. The molecule has 0 saturated heterocycles. The first-order valence-corrected chi connectivity index (χ1v) is 4.23. The number of amides is 1. The van der Waals surface area contributed by atoms with Crippen LogP contribution >= 0.6 is 0 Å². The average molecular weight is 171 g/mol. The smallest absolute Gasteiger partial charge is 0.220 e. The van der Waals surface area contributed by atoms with Crippen LogP contribution in [0.3, 0.4) is 0 Å². The summed E-state index contributed by atoms with van der Waals surface area (Å²) in [5, 5.41) is 2.74. The van der Waals surface area contributed by atoms with Crippen LogP contribution in [0, 0.1) is 5.92 Å². The molecule has 0 aromatic rings. The third-order valence-electron chi connectivity index (χ3n) is 1.64. The maximum atomic E-state index is 11.1. The highest BCUT2D eigenvalue weighted by atomic mass is 16.2. The molecule has 0 unspecified atom stereocenters. The first-order valence-electron chi connectivity index (χ1n) is 4.23. The molecule has 1 amide bonds. The second-order valence-electron chi connectivity index (χ2n) is 3.44. The Bertz CT molecular complexity index is 175. The molecule has 1 N–H and O–H groups in total. The van der Waals surface area contributed by atoms with Crippen molar-refractivity contribution in [1.82, 2.24) is 5.32 Å². The van der Waals surface area contributed by atoms with E-state index in [0.717, 1.165) is 0 Å². The van der Waals surface area contributed by atoms with Crippen molar-refractivity contribution in [3.05, 3.63) is 0 Å². The van der Waals surface area contributed by atoms with E-state index in [2.05, 4.69) is 5.32 Å². The van der Waals surface area contributed by atoms with Crippen molar-refractivity contribution in [2.45, 2.75) is 40.2 Å². The van der Waals surface area contributed by atoms with Crippen molar-refractivity contribution in [2.24, 2.45) is 5.92 Å². The van der Waals surface area contributed by atoms with E-state index in [-0.39, 0.29) is 23.7 Å². The number of rotatable bonds is 4. The van der Waals surface area contributed by atoms with Crippen LogP contribution in [-0.4, -0.2) is 17.7 Å². The first kappa shape index (κ1) is 11.1. The van der Waals surface area contributed by atoms with Crippen LogP contribution in [0.5, 0.6) is 0 Å². The fourth-order valence-electron chi connectivity index (χ4n) is 0.803. The lowest BCUT2D eigenvalue weighted by molar-refractivity contribution is -0.127. The van der Waals surface area contributed by atoms with Gasteiger partial charge in [0.1, 0.15) is 5.78 Å². The SMILES string of the molecule is CC(=O)[C@@H](C)CC(=O)NC(C)C. The maximum Gasteiger partial charge on any atom is 0.220 e. The van der Waals surface area contributed by atoms with Gasteiger partial charge in [-0.3, -0.25) is 9.59 Å². The van der Waals surface area contributed by atoms with Crippen LogP contribution in [0.25, 0.3) is 0 Å². The van der Waals surface area contributed by atoms with E-state index >= 15 is 0 Å². The first-order chi connectivity index (χ1) is 5.43. The lowest BCUT2D eigenvalue weighted by Crippen LogP contribution is -2.32. The predicted octanol–water partition coefficient (Wildman–Crippen LogP) is 1.13. The fourth-order valence-corrected chi connectivity index (χ4v) is 0.803. The van der Waals surface area contributed by atoms with E-state index in [1.165, 1.54) is 6.92 Å². The van der Waals surface area contributed by atoms with E-state index in [0.29, 0.717) is 6.42 Å². The van der Waals surface area contributed by atoms with Crippen molar-refractivity contribution in [1.29, 1.82) is 0 Å². The Morgan fingerprint density at radius 2 is 1.75 bits per heavy atom. The minimum absolute atomic E-state index is 0.0484. The average Bonchev–Trinajstić information content (AvgIpc) is 1.84. The number of carbonyl (C=O) groups excluding carboxylic acids is 2. The lowest BCUT2D eigenvalue weighted by atomic mass is 10.0. The summed E-state index contributed by atoms with van der Waals surface area (Å²) >= 11 is 0. The zero-order chi connectivity index (χ0) is 9.72. The van der Waals surface area contributed by atoms with E-state index in [9.17, 15) is 9.59 Å². The molecule has 0 aromatic heterocycles. The lowest BCUT2D eigenvalue weighted by Gasteiger charge is -2.10. The molecule has 1 atom stereocenters. The standard InChI is InChI=1S/C9H17NO2/c1-6(2)10-9(12)5-7(3)8(4)11/h6-7H,5H2,1-4H3,(H,10,12)/t7-/m0/s1. The molecule has 70 valence electrons. The Morgan fingerprint density at radius 1 is 1.25 bits per heavy atom. The van der Waals surface area contributed by atoms with E-state index < -0.39 is 0 Å². The highest BCUT2D eigenvalue weighted by molar-refractivity contribution is 5.85. The van der Waals surface area contributed by atoms with Gasteiger partial charge in [0.15, 0.2) is 0 Å². The summed E-state index contributed by atoms with van der Waals surface area (Å²) in [4.78, 5) is 21.9. The summed E-state index contributed by atoms with van der Waals surface area (Å²) in [7, 11) is 0. The predicted molar refractivity (Wildman–Crippen MR) is 47.7 cm³/mol. The molecular weight excluding hydrogens is 154 g/mol. The topological polar surface area (TPSA) is 46.2 Å². The maximum absolute atomic E-state index is 11.1. The van der Waals surface area contributed by atoms with Gasteiger partial charge in [0.25, 0.3) is 0 Å². The molecule has 0 saturated carbocycles. The number of hydrogen-bond acceptors (Lipinski definition) is 2. The Morgan fingerprint density at radius 3 is 2.08 bits per heavy atom. The molecule has 0 fully saturated rings. The summed E-state index contributed by atoms with van der Waals surface area (Å²) in [5.74, 6) is -0.148. The third kappa shape index (κ3) is 4.88. The number of carbonyl (C=O) groups is 2. The zero-order valence-corrected chi connectivity index (χ0v) is 8.18. The van der Waals surface area contributed by atoms with Gasteiger partial charge in [0.2, 0.25) is 5.91 Å². The summed E-state index contributed by atoms with van der Waals surface area (Å²) in [6, 6.07) is 0.150. The van der Waals surface area contributed by atoms with E-state index in [1.807, 2.05) is 13.8 Å². The second kappa shape index (κ2) is 4.91. The fraction of sp³-hybridized carbons (Fsp3) is 0.778. The molecule has 0 aliphatic heterocycles. The van der Waals surface area contributed by atoms with Gasteiger partial charge >= 0.3 is 0 Å².